The van der Waals surface area contributed by atoms with Gasteiger partial charge in [0.1, 0.15) is 0 Å². The Kier molecular flexibility index (Phi) is 6.32. The molecule has 2 fully saturated rings. The monoisotopic (exact) mass is 331 g/mol. The molecule has 0 bridgehead atoms. The van der Waals surface area contributed by atoms with Gasteiger partial charge < -0.3 is 9.70 Å². The first kappa shape index (κ1) is 17.2. The van der Waals surface area contributed by atoms with Crippen molar-refractivity contribution in [1.29, 1.82) is 0 Å². The first-order valence-electron chi connectivity index (χ1n) is 9.79. The fraction of sp³-hybridized carbons (Fsp3) is 0.700. The van der Waals surface area contributed by atoms with Gasteiger partial charge >= 0.3 is 0 Å². The van der Waals surface area contributed by atoms with E-state index >= 15 is 0 Å². The Balaban J connectivity index is 1.64. The number of nitrogens with zero attached hydrogens (tertiary/aromatic N) is 1. The lowest BCUT2D eigenvalue weighted by atomic mass is 10.0. The molecule has 0 amide bonds. The quantitative estimate of drug-likeness (QED) is 0.795. The summed E-state index contributed by atoms with van der Waals surface area (Å²) < 4.78 is 0. The van der Waals surface area contributed by atoms with Crippen LogP contribution in [0.4, 0.5) is 0 Å². The van der Waals surface area contributed by atoms with Crippen LogP contribution in [0.25, 0.3) is 0 Å². The summed E-state index contributed by atoms with van der Waals surface area (Å²) in [6.07, 6.45) is 11.8. The van der Waals surface area contributed by atoms with E-state index in [0.717, 1.165) is 6.04 Å². The van der Waals surface area contributed by atoms with Crippen LogP contribution < -0.4 is 5.19 Å². The van der Waals surface area contributed by atoms with Crippen molar-refractivity contribution in [2.24, 2.45) is 0 Å². The predicted molar refractivity (Wildman–Crippen MR) is 101 cm³/mol. The van der Waals surface area contributed by atoms with E-state index in [1.165, 1.54) is 82.6 Å². The molecule has 2 aliphatic rings. The minimum absolute atomic E-state index is 0.583. The van der Waals surface area contributed by atoms with Crippen LogP contribution in [0.15, 0.2) is 30.3 Å². The van der Waals surface area contributed by atoms with E-state index in [-0.39, 0.29) is 0 Å². The average Bonchev–Trinajstić information content (AvgIpc) is 2.64. The van der Waals surface area contributed by atoms with Crippen LogP contribution in [-0.4, -0.2) is 37.6 Å². The highest BCUT2D eigenvalue weighted by Crippen LogP contribution is 2.38. The van der Waals surface area contributed by atoms with E-state index in [1.54, 1.807) is 0 Å². The fourth-order valence-electron chi connectivity index (χ4n) is 4.65. The van der Waals surface area contributed by atoms with Gasteiger partial charge in [-0.3, -0.25) is 0 Å². The molecule has 1 aliphatic heterocycles. The molecule has 0 aromatic heterocycles. The molecule has 3 heteroatoms. The molecule has 1 saturated carbocycles. The largest absolute Gasteiger partial charge is 0.427 e. The molecule has 0 unspecified atom stereocenters. The number of likely N-dealkylation sites (tertiary alicyclic amines) is 1. The van der Waals surface area contributed by atoms with Crippen LogP contribution in [0, 0.1) is 0 Å². The summed E-state index contributed by atoms with van der Waals surface area (Å²) >= 11 is 0. The standard InChI is InChI=1S/C20H33NOSi/c22-23(19-11-4-1-5-12-19,20-13-6-2-7-14-20)18-10-17-21-15-8-3-9-16-21/h1,4-5,11-12,20,22H,2-3,6-10,13-18H2/t23-/m0/s1. The summed E-state index contributed by atoms with van der Waals surface area (Å²) in [4.78, 5) is 14.4. The van der Waals surface area contributed by atoms with Gasteiger partial charge in [0.05, 0.1) is 0 Å². The van der Waals surface area contributed by atoms with Crippen molar-refractivity contribution in [1.82, 2.24) is 4.90 Å². The predicted octanol–water partition coefficient (Wildman–Crippen LogP) is 4.04. The molecular weight excluding hydrogens is 298 g/mol. The second-order valence-corrected chi connectivity index (χ2v) is 11.4. The number of piperidine rings is 1. The van der Waals surface area contributed by atoms with Crippen molar-refractivity contribution in [3.63, 3.8) is 0 Å². The van der Waals surface area contributed by atoms with E-state index in [2.05, 4.69) is 35.2 Å². The highest BCUT2D eigenvalue weighted by atomic mass is 28.4. The number of benzene rings is 1. The molecule has 23 heavy (non-hydrogen) atoms. The van der Waals surface area contributed by atoms with Gasteiger partial charge in [0.25, 0.3) is 0 Å². The van der Waals surface area contributed by atoms with E-state index in [0.29, 0.717) is 5.54 Å². The van der Waals surface area contributed by atoms with E-state index in [9.17, 15) is 4.80 Å². The van der Waals surface area contributed by atoms with Gasteiger partial charge in [0, 0.05) is 0 Å². The Morgan fingerprint density at radius 3 is 2.26 bits per heavy atom. The molecule has 2 nitrogen and oxygen atoms in total. The SMILES string of the molecule is O[Si@@](CCCN1CCCCC1)(c1ccccc1)C1CCCCC1. The molecule has 1 N–H and O–H groups in total. The van der Waals surface area contributed by atoms with E-state index < -0.39 is 8.32 Å². The van der Waals surface area contributed by atoms with Crippen molar-refractivity contribution in [2.45, 2.75) is 69.4 Å². The molecular formula is C20H33NOSi. The summed E-state index contributed by atoms with van der Waals surface area (Å²) in [6.45, 7) is 3.73. The third-order valence-corrected chi connectivity index (χ3v) is 10.4. The summed E-state index contributed by atoms with van der Waals surface area (Å²) in [7, 11) is -2.34. The van der Waals surface area contributed by atoms with Gasteiger partial charge in [-0.15, -0.1) is 0 Å². The third-order valence-electron chi connectivity index (χ3n) is 6.04. The zero-order chi connectivity index (χ0) is 16.0. The fourth-order valence-corrected chi connectivity index (χ4v) is 8.64. The molecule has 1 saturated heterocycles. The van der Waals surface area contributed by atoms with Crippen LogP contribution in [0.1, 0.15) is 57.8 Å². The molecule has 1 atom stereocenters. The van der Waals surface area contributed by atoms with Crippen molar-refractivity contribution >= 4 is 13.5 Å². The Bertz CT molecular complexity index is 454. The molecule has 128 valence electrons. The van der Waals surface area contributed by atoms with Crippen LogP contribution in [0.3, 0.4) is 0 Å². The Labute approximate surface area is 143 Å². The lowest BCUT2D eigenvalue weighted by Crippen LogP contribution is -2.53. The second-order valence-electron chi connectivity index (χ2n) is 7.63. The first-order chi connectivity index (χ1) is 11.3. The number of hydrogen-bond acceptors (Lipinski definition) is 2. The maximum atomic E-state index is 11.8. The Morgan fingerprint density at radius 2 is 1.57 bits per heavy atom. The van der Waals surface area contributed by atoms with Gasteiger partial charge in [-0.2, -0.15) is 0 Å². The van der Waals surface area contributed by atoms with Crippen molar-refractivity contribution < 1.29 is 4.80 Å². The summed E-state index contributed by atoms with van der Waals surface area (Å²) in [5, 5.41) is 1.28. The molecule has 3 rings (SSSR count). The molecule has 0 radical (unpaired) electrons. The topological polar surface area (TPSA) is 23.5 Å². The average molecular weight is 332 g/mol. The van der Waals surface area contributed by atoms with E-state index in [1.807, 2.05) is 0 Å². The van der Waals surface area contributed by atoms with Gasteiger partial charge in [0.2, 0.25) is 8.32 Å². The van der Waals surface area contributed by atoms with Crippen molar-refractivity contribution in [3.8, 4) is 0 Å². The number of hydrogen-bond donors (Lipinski definition) is 1. The zero-order valence-corrected chi connectivity index (χ0v) is 15.6. The van der Waals surface area contributed by atoms with Crippen LogP contribution >= 0.6 is 0 Å². The zero-order valence-electron chi connectivity index (χ0n) is 14.6. The van der Waals surface area contributed by atoms with Gasteiger partial charge in [-0.1, -0.05) is 68.9 Å². The minimum atomic E-state index is -2.34. The van der Waals surface area contributed by atoms with Gasteiger partial charge in [-0.25, -0.2) is 0 Å². The molecule has 0 spiro atoms. The highest BCUT2D eigenvalue weighted by molar-refractivity contribution is 6.86. The van der Waals surface area contributed by atoms with Gasteiger partial charge in [-0.05, 0) is 55.7 Å². The van der Waals surface area contributed by atoms with Crippen LogP contribution in [0.5, 0.6) is 0 Å². The van der Waals surface area contributed by atoms with Crippen LogP contribution in [-0.2, 0) is 0 Å². The molecule has 1 aliphatic carbocycles. The first-order valence-corrected chi connectivity index (χ1v) is 12.0. The lowest BCUT2D eigenvalue weighted by molar-refractivity contribution is 0.228. The van der Waals surface area contributed by atoms with Gasteiger partial charge in [0.15, 0.2) is 0 Å². The lowest BCUT2D eigenvalue weighted by Gasteiger charge is -2.37. The maximum Gasteiger partial charge on any atom is 0.223 e. The second kappa shape index (κ2) is 8.45. The molecule has 1 heterocycles. The Hall–Kier alpha value is -0.643. The van der Waals surface area contributed by atoms with Crippen LogP contribution in [0.2, 0.25) is 11.6 Å². The minimum Gasteiger partial charge on any atom is -0.427 e. The number of rotatable bonds is 6. The smallest absolute Gasteiger partial charge is 0.223 e. The maximum absolute atomic E-state index is 11.8. The molecule has 1 aromatic rings. The highest BCUT2D eigenvalue weighted by Gasteiger charge is 2.41. The summed E-state index contributed by atoms with van der Waals surface area (Å²) in [5.41, 5.74) is 0.583. The Morgan fingerprint density at radius 1 is 0.913 bits per heavy atom. The molecule has 1 aromatic carbocycles. The van der Waals surface area contributed by atoms with Crippen molar-refractivity contribution in [3.05, 3.63) is 30.3 Å². The van der Waals surface area contributed by atoms with Crippen molar-refractivity contribution in [2.75, 3.05) is 19.6 Å². The third kappa shape index (κ3) is 4.46. The summed E-state index contributed by atoms with van der Waals surface area (Å²) in [5.74, 6) is 0. The normalized spacial score (nSPS) is 23.5. The summed E-state index contributed by atoms with van der Waals surface area (Å²) in [6, 6.07) is 11.7. The van der Waals surface area contributed by atoms with E-state index in [4.69, 9.17) is 0 Å².